The van der Waals surface area contributed by atoms with Crippen molar-refractivity contribution < 1.29 is 0 Å². The highest BCUT2D eigenvalue weighted by Gasteiger charge is 2.15. The second-order valence-electron chi connectivity index (χ2n) is 5.65. The van der Waals surface area contributed by atoms with Gasteiger partial charge in [0.15, 0.2) is 10.8 Å². The molecule has 122 valence electrons. The number of benzene rings is 1. The smallest absolute Gasteiger partial charge is 0.204 e. The highest BCUT2D eigenvalue weighted by Crippen LogP contribution is 2.31. The summed E-state index contributed by atoms with van der Waals surface area (Å²) in [7, 11) is 3.97. The molecule has 0 spiro atoms. The molecule has 1 aromatic carbocycles. The van der Waals surface area contributed by atoms with Crippen molar-refractivity contribution in [2.75, 3.05) is 11.9 Å². The Hall–Kier alpha value is -2.81. The molecule has 0 atom stereocenters. The molecule has 0 aliphatic carbocycles. The first-order valence-electron chi connectivity index (χ1n) is 7.46. The van der Waals surface area contributed by atoms with Crippen LogP contribution in [0.25, 0.3) is 21.7 Å². The van der Waals surface area contributed by atoms with Gasteiger partial charge in [-0.25, -0.2) is 9.67 Å². The Morgan fingerprint density at radius 3 is 2.96 bits per heavy atom. The summed E-state index contributed by atoms with van der Waals surface area (Å²) in [4.78, 5) is 6.85. The van der Waals surface area contributed by atoms with Gasteiger partial charge in [0.05, 0.1) is 10.4 Å². The van der Waals surface area contributed by atoms with Crippen molar-refractivity contribution in [1.29, 1.82) is 0 Å². The van der Waals surface area contributed by atoms with Gasteiger partial charge in [-0.2, -0.15) is 10.3 Å². The van der Waals surface area contributed by atoms with E-state index < -0.39 is 0 Å². The number of nitrogens with one attached hydrogen (secondary N) is 1. The number of anilines is 1. The number of rotatable bonds is 4. The van der Waals surface area contributed by atoms with Crippen LogP contribution in [0.3, 0.4) is 0 Å². The summed E-state index contributed by atoms with van der Waals surface area (Å²) in [6, 6.07) is 8.13. The average molecular weight is 340 g/mol. The zero-order valence-corrected chi connectivity index (χ0v) is 14.4. The maximum Gasteiger partial charge on any atom is 0.204 e. The van der Waals surface area contributed by atoms with Gasteiger partial charge in [0.2, 0.25) is 5.82 Å². The van der Waals surface area contributed by atoms with Gasteiger partial charge >= 0.3 is 0 Å². The largest absolute Gasteiger partial charge is 0.347 e. The third-order valence-corrected chi connectivity index (χ3v) is 5.08. The van der Waals surface area contributed by atoms with Crippen molar-refractivity contribution in [2.45, 2.75) is 13.5 Å². The number of fused-ring (bicyclic) bond motifs is 1. The number of hydrogen-bond donors (Lipinski definition) is 1. The number of nitrogens with zero attached hydrogens (tertiary/aromatic N) is 7. The first-order chi connectivity index (χ1) is 11.6. The predicted octanol–water partition coefficient (Wildman–Crippen LogP) is 2.15. The van der Waals surface area contributed by atoms with Crippen LogP contribution < -0.4 is 4.90 Å². The first-order valence-corrected chi connectivity index (χ1v) is 8.27. The lowest BCUT2D eigenvalue weighted by atomic mass is 10.1. The quantitative estimate of drug-likeness (QED) is 0.612. The summed E-state index contributed by atoms with van der Waals surface area (Å²) in [5.41, 5.74) is 4.05. The first kappa shape index (κ1) is 14.8. The predicted molar refractivity (Wildman–Crippen MR) is 92.8 cm³/mol. The number of aromatic nitrogens is 7. The van der Waals surface area contributed by atoms with Gasteiger partial charge in [0, 0.05) is 26.2 Å². The van der Waals surface area contributed by atoms with Gasteiger partial charge in [0.25, 0.3) is 0 Å². The number of aromatic amines is 1. The molecule has 1 N–H and O–H groups in total. The van der Waals surface area contributed by atoms with Crippen LogP contribution >= 0.6 is 11.3 Å². The second-order valence-corrected chi connectivity index (χ2v) is 6.63. The molecule has 9 heteroatoms. The Morgan fingerprint density at radius 2 is 2.21 bits per heavy atom. The Balaban J connectivity index is 1.60. The van der Waals surface area contributed by atoms with E-state index in [9.17, 15) is 0 Å². The van der Waals surface area contributed by atoms with E-state index in [-0.39, 0.29) is 0 Å². The van der Waals surface area contributed by atoms with Crippen LogP contribution in [0.1, 0.15) is 11.3 Å². The summed E-state index contributed by atoms with van der Waals surface area (Å²) >= 11 is 1.67. The van der Waals surface area contributed by atoms with Crippen LogP contribution in [0.15, 0.2) is 24.3 Å². The minimum absolute atomic E-state index is 0.598. The topological polar surface area (TPSA) is 88.4 Å². The second kappa shape index (κ2) is 5.68. The summed E-state index contributed by atoms with van der Waals surface area (Å²) in [6.45, 7) is 2.76. The van der Waals surface area contributed by atoms with E-state index in [0.29, 0.717) is 5.82 Å². The number of thiazole rings is 1. The molecule has 0 saturated carbocycles. The zero-order chi connectivity index (χ0) is 16.7. The molecule has 0 bridgehead atoms. The van der Waals surface area contributed by atoms with Crippen molar-refractivity contribution in [3.8, 4) is 11.4 Å². The molecule has 3 heterocycles. The van der Waals surface area contributed by atoms with Gasteiger partial charge in [-0.3, -0.25) is 0 Å². The Labute approximate surface area is 142 Å². The molecule has 0 aliphatic heterocycles. The maximum absolute atomic E-state index is 4.71. The third-order valence-electron chi connectivity index (χ3n) is 3.81. The fourth-order valence-corrected chi connectivity index (χ4v) is 3.66. The highest BCUT2D eigenvalue weighted by atomic mass is 32.1. The number of H-pyrrole nitrogens is 1. The van der Waals surface area contributed by atoms with E-state index in [1.807, 2.05) is 37.8 Å². The van der Waals surface area contributed by atoms with Crippen molar-refractivity contribution in [2.24, 2.45) is 7.05 Å². The molecule has 0 radical (unpaired) electrons. The van der Waals surface area contributed by atoms with Crippen LogP contribution in [-0.4, -0.2) is 42.4 Å². The van der Waals surface area contributed by atoms with Gasteiger partial charge in [-0.05, 0) is 23.8 Å². The molecular weight excluding hydrogens is 324 g/mol. The molecule has 3 aromatic heterocycles. The molecule has 0 fully saturated rings. The van der Waals surface area contributed by atoms with Crippen LogP contribution in [0.2, 0.25) is 0 Å². The Bertz CT molecular complexity index is 950. The van der Waals surface area contributed by atoms with E-state index in [1.54, 1.807) is 11.3 Å². The van der Waals surface area contributed by atoms with Crippen molar-refractivity contribution in [3.05, 3.63) is 35.5 Å². The summed E-state index contributed by atoms with van der Waals surface area (Å²) < 4.78 is 2.97. The molecule has 4 aromatic rings. The Morgan fingerprint density at radius 1 is 1.33 bits per heavy atom. The normalized spacial score (nSPS) is 11.3. The van der Waals surface area contributed by atoms with Gasteiger partial charge < -0.3 is 4.90 Å². The highest BCUT2D eigenvalue weighted by molar-refractivity contribution is 7.22. The molecule has 0 aliphatic rings. The monoisotopic (exact) mass is 340 g/mol. The van der Waals surface area contributed by atoms with E-state index in [1.165, 1.54) is 0 Å². The van der Waals surface area contributed by atoms with E-state index in [4.69, 9.17) is 4.98 Å². The lowest BCUT2D eigenvalue weighted by Crippen LogP contribution is -2.16. The lowest BCUT2D eigenvalue weighted by Gasteiger charge is -2.16. The molecule has 0 amide bonds. The number of aryl methyl sites for hydroxylation is 2. The molecule has 24 heavy (non-hydrogen) atoms. The SMILES string of the molecule is Cc1nn(C)c2nc(N(C)Cc3cccc(-c4nn[nH]n4)c3)sc12. The zero-order valence-electron chi connectivity index (χ0n) is 13.6. The van der Waals surface area contributed by atoms with Crippen LogP contribution in [0.5, 0.6) is 0 Å². The fourth-order valence-electron chi connectivity index (χ4n) is 2.67. The lowest BCUT2D eigenvalue weighted by molar-refractivity contribution is 0.772. The molecule has 8 nitrogen and oxygen atoms in total. The molecule has 4 rings (SSSR count). The van der Waals surface area contributed by atoms with E-state index >= 15 is 0 Å². The summed E-state index contributed by atoms with van der Waals surface area (Å²) in [5.74, 6) is 0.598. The standard InChI is InChI=1S/C15H16N8S/c1-9-12-14(23(3)19-9)16-15(24-12)22(2)8-10-5-4-6-11(7-10)13-17-20-21-18-13/h4-7H,8H2,1-3H3,(H,17,18,20,21). The van der Waals surface area contributed by atoms with Crippen molar-refractivity contribution in [1.82, 2.24) is 35.4 Å². The van der Waals surface area contributed by atoms with Crippen molar-refractivity contribution in [3.63, 3.8) is 0 Å². The minimum Gasteiger partial charge on any atom is -0.347 e. The van der Waals surface area contributed by atoms with E-state index in [0.717, 1.165) is 38.8 Å². The summed E-state index contributed by atoms with van der Waals surface area (Å²) in [6.07, 6.45) is 0. The Kier molecular flexibility index (Phi) is 3.49. The van der Waals surface area contributed by atoms with Crippen molar-refractivity contribution >= 4 is 26.8 Å². The van der Waals surface area contributed by atoms with Gasteiger partial charge in [-0.1, -0.05) is 29.5 Å². The summed E-state index contributed by atoms with van der Waals surface area (Å²) in [5, 5.41) is 19.5. The number of hydrogen-bond acceptors (Lipinski definition) is 7. The van der Waals surface area contributed by atoms with E-state index in [2.05, 4.69) is 42.8 Å². The third kappa shape index (κ3) is 2.52. The fraction of sp³-hybridized carbons (Fsp3) is 0.267. The average Bonchev–Trinajstić information content (AvgIpc) is 3.28. The maximum atomic E-state index is 4.71. The van der Waals surface area contributed by atoms with Crippen LogP contribution in [0.4, 0.5) is 5.13 Å². The number of tetrazole rings is 1. The molecule has 0 unspecified atom stereocenters. The minimum atomic E-state index is 0.598. The van der Waals surface area contributed by atoms with Crippen LogP contribution in [-0.2, 0) is 13.6 Å². The van der Waals surface area contributed by atoms with Gasteiger partial charge in [-0.15, -0.1) is 10.2 Å². The molecular formula is C15H16N8S. The van der Waals surface area contributed by atoms with Gasteiger partial charge in [0.1, 0.15) is 0 Å². The molecule has 0 saturated heterocycles. The van der Waals surface area contributed by atoms with Crippen LogP contribution in [0, 0.1) is 6.92 Å².